The molecule has 23 heavy (non-hydrogen) atoms. The van der Waals surface area contributed by atoms with Gasteiger partial charge in [-0.15, -0.1) is 0 Å². The van der Waals surface area contributed by atoms with Crippen molar-refractivity contribution in [1.82, 2.24) is 0 Å². The van der Waals surface area contributed by atoms with E-state index < -0.39 is 5.41 Å². The van der Waals surface area contributed by atoms with Gasteiger partial charge < -0.3 is 0 Å². The smallest absolute Gasteiger partial charge is 0.142 e. The maximum Gasteiger partial charge on any atom is 0.142 e. The minimum atomic E-state index is -0.405. The molecule has 0 aromatic heterocycles. The SMILES string of the molecule is C[C@@H]1C(=O)C(C)(C)[C@H](c2ccc(Cl)cc2)[C@H]1c1ccc(Cl)cc1. The van der Waals surface area contributed by atoms with Crippen LogP contribution in [0.3, 0.4) is 0 Å². The van der Waals surface area contributed by atoms with Crippen LogP contribution in [0.2, 0.25) is 10.0 Å². The fraction of sp³-hybridized carbons (Fsp3) is 0.350. The Balaban J connectivity index is 2.12. The third-order valence-corrected chi connectivity index (χ3v) is 5.71. The highest BCUT2D eigenvalue weighted by Crippen LogP contribution is 2.57. The molecule has 0 aliphatic heterocycles. The number of hydrogen-bond acceptors (Lipinski definition) is 1. The lowest BCUT2D eigenvalue weighted by Gasteiger charge is -2.30. The summed E-state index contributed by atoms with van der Waals surface area (Å²) in [6.07, 6.45) is 0. The van der Waals surface area contributed by atoms with E-state index in [-0.39, 0.29) is 17.8 Å². The normalized spacial score (nSPS) is 26.5. The fourth-order valence-electron chi connectivity index (χ4n) is 4.10. The molecule has 1 aliphatic rings. The second kappa shape index (κ2) is 5.96. The summed E-state index contributed by atoms with van der Waals surface area (Å²) >= 11 is 12.1. The summed E-state index contributed by atoms with van der Waals surface area (Å²) in [6, 6.07) is 15.8. The molecule has 0 heterocycles. The van der Waals surface area contributed by atoms with Gasteiger partial charge in [0.25, 0.3) is 0 Å². The molecule has 0 radical (unpaired) electrons. The molecule has 1 saturated carbocycles. The van der Waals surface area contributed by atoms with Crippen LogP contribution in [-0.4, -0.2) is 5.78 Å². The number of hydrogen-bond donors (Lipinski definition) is 0. The van der Waals surface area contributed by atoms with Crippen LogP contribution in [0.1, 0.15) is 43.7 Å². The molecule has 3 heteroatoms. The first kappa shape index (κ1) is 16.5. The van der Waals surface area contributed by atoms with Crippen LogP contribution in [-0.2, 0) is 4.79 Å². The zero-order valence-corrected chi connectivity index (χ0v) is 15.0. The van der Waals surface area contributed by atoms with Crippen LogP contribution in [0, 0.1) is 11.3 Å². The molecule has 0 unspecified atom stereocenters. The van der Waals surface area contributed by atoms with Gasteiger partial charge in [0.05, 0.1) is 0 Å². The molecule has 2 aromatic carbocycles. The van der Waals surface area contributed by atoms with E-state index in [9.17, 15) is 4.79 Å². The lowest BCUT2D eigenvalue weighted by atomic mass is 9.72. The van der Waals surface area contributed by atoms with Crippen molar-refractivity contribution in [1.29, 1.82) is 0 Å². The molecule has 0 bridgehead atoms. The summed E-state index contributed by atoms with van der Waals surface area (Å²) in [7, 11) is 0. The fourth-order valence-corrected chi connectivity index (χ4v) is 4.35. The van der Waals surface area contributed by atoms with Gasteiger partial charge in [-0.1, -0.05) is 68.2 Å². The maximum atomic E-state index is 12.9. The highest BCUT2D eigenvalue weighted by Gasteiger charge is 2.53. The van der Waals surface area contributed by atoms with Gasteiger partial charge >= 0.3 is 0 Å². The summed E-state index contributed by atoms with van der Waals surface area (Å²) in [4.78, 5) is 12.9. The highest BCUT2D eigenvalue weighted by molar-refractivity contribution is 6.30. The Bertz CT molecular complexity index is 716. The van der Waals surface area contributed by atoms with E-state index in [4.69, 9.17) is 23.2 Å². The summed E-state index contributed by atoms with van der Waals surface area (Å²) in [5.41, 5.74) is 1.93. The lowest BCUT2D eigenvalue weighted by Crippen LogP contribution is -2.25. The quantitative estimate of drug-likeness (QED) is 0.641. The topological polar surface area (TPSA) is 17.1 Å². The van der Waals surface area contributed by atoms with E-state index in [1.807, 2.05) is 55.5 Å². The number of Topliss-reactive ketones (excluding diaryl/α,β-unsaturated/α-hetero) is 1. The molecular weight excluding hydrogens is 327 g/mol. The Morgan fingerprint density at radius 1 is 0.826 bits per heavy atom. The first-order chi connectivity index (χ1) is 10.8. The van der Waals surface area contributed by atoms with Crippen molar-refractivity contribution < 1.29 is 4.79 Å². The van der Waals surface area contributed by atoms with Gasteiger partial charge in [0.2, 0.25) is 0 Å². The Labute approximate surface area is 147 Å². The van der Waals surface area contributed by atoms with Crippen molar-refractivity contribution >= 4 is 29.0 Å². The average molecular weight is 347 g/mol. The molecule has 0 saturated heterocycles. The van der Waals surface area contributed by atoms with Crippen molar-refractivity contribution in [2.24, 2.45) is 11.3 Å². The van der Waals surface area contributed by atoms with Gasteiger partial charge in [0.1, 0.15) is 5.78 Å². The molecule has 1 aliphatic carbocycles. The maximum absolute atomic E-state index is 12.9. The minimum Gasteiger partial charge on any atom is -0.299 e. The first-order valence-corrected chi connectivity index (χ1v) is 8.63. The van der Waals surface area contributed by atoms with Gasteiger partial charge in [0, 0.05) is 33.2 Å². The number of carbonyl (C=O) groups is 1. The molecule has 0 spiro atoms. The van der Waals surface area contributed by atoms with Crippen LogP contribution in [0.15, 0.2) is 48.5 Å². The third-order valence-electron chi connectivity index (χ3n) is 5.21. The van der Waals surface area contributed by atoms with E-state index >= 15 is 0 Å². The summed E-state index contributed by atoms with van der Waals surface area (Å²) < 4.78 is 0. The number of rotatable bonds is 2. The standard InChI is InChI=1S/C20H20Cl2O/c1-12-17(13-4-8-15(21)9-5-13)18(20(2,3)19(12)23)14-6-10-16(22)11-7-14/h4-12,17-18H,1-3H3/t12-,17+,18+/m0/s1. The summed E-state index contributed by atoms with van der Waals surface area (Å²) in [6.45, 7) is 6.15. The van der Waals surface area contributed by atoms with E-state index in [1.165, 1.54) is 5.56 Å². The molecule has 0 N–H and O–H groups in total. The molecular formula is C20H20Cl2O. The average Bonchev–Trinajstić information content (AvgIpc) is 2.70. The van der Waals surface area contributed by atoms with Gasteiger partial charge in [-0.3, -0.25) is 4.79 Å². The summed E-state index contributed by atoms with van der Waals surface area (Å²) in [5, 5.41) is 1.43. The second-order valence-electron chi connectivity index (χ2n) is 6.98. The van der Waals surface area contributed by atoms with Gasteiger partial charge in [0.15, 0.2) is 0 Å². The number of ketones is 1. The monoisotopic (exact) mass is 346 g/mol. The Morgan fingerprint density at radius 3 is 1.74 bits per heavy atom. The van der Waals surface area contributed by atoms with Gasteiger partial charge in [-0.05, 0) is 35.4 Å². The molecule has 3 rings (SSSR count). The summed E-state index contributed by atoms with van der Waals surface area (Å²) in [5.74, 6) is 0.573. The minimum absolute atomic E-state index is 0.0214. The van der Waals surface area contributed by atoms with Crippen molar-refractivity contribution in [2.45, 2.75) is 32.6 Å². The second-order valence-corrected chi connectivity index (χ2v) is 7.85. The van der Waals surface area contributed by atoms with E-state index in [2.05, 4.69) is 13.8 Å². The molecule has 3 atom stereocenters. The molecule has 2 aromatic rings. The van der Waals surface area contributed by atoms with Crippen LogP contribution in [0.25, 0.3) is 0 Å². The van der Waals surface area contributed by atoms with Gasteiger partial charge in [-0.25, -0.2) is 0 Å². The van der Waals surface area contributed by atoms with Crippen molar-refractivity contribution in [2.75, 3.05) is 0 Å². The zero-order valence-electron chi connectivity index (χ0n) is 13.5. The third kappa shape index (κ3) is 2.81. The lowest BCUT2D eigenvalue weighted by molar-refractivity contribution is -0.127. The Kier molecular flexibility index (Phi) is 4.29. The van der Waals surface area contributed by atoms with Crippen molar-refractivity contribution in [3.05, 3.63) is 69.7 Å². The van der Waals surface area contributed by atoms with Crippen LogP contribution in [0.4, 0.5) is 0 Å². The van der Waals surface area contributed by atoms with E-state index in [1.54, 1.807) is 0 Å². The van der Waals surface area contributed by atoms with Crippen LogP contribution in [0.5, 0.6) is 0 Å². The van der Waals surface area contributed by atoms with Crippen molar-refractivity contribution in [3.8, 4) is 0 Å². The number of benzene rings is 2. The van der Waals surface area contributed by atoms with E-state index in [0.29, 0.717) is 15.8 Å². The largest absolute Gasteiger partial charge is 0.299 e. The predicted octanol–water partition coefficient (Wildman–Crippen LogP) is 6.11. The predicted molar refractivity (Wildman–Crippen MR) is 96.3 cm³/mol. The van der Waals surface area contributed by atoms with Gasteiger partial charge in [-0.2, -0.15) is 0 Å². The Hall–Kier alpha value is -1.31. The molecule has 0 amide bonds. The zero-order chi connectivity index (χ0) is 16.8. The van der Waals surface area contributed by atoms with E-state index in [0.717, 1.165) is 5.56 Å². The Morgan fingerprint density at radius 2 is 1.26 bits per heavy atom. The van der Waals surface area contributed by atoms with Crippen LogP contribution < -0.4 is 0 Å². The number of halogens is 2. The molecule has 1 nitrogen and oxygen atoms in total. The first-order valence-electron chi connectivity index (χ1n) is 7.87. The van der Waals surface area contributed by atoms with Crippen LogP contribution >= 0.6 is 23.2 Å². The number of carbonyl (C=O) groups excluding carboxylic acids is 1. The van der Waals surface area contributed by atoms with Crippen molar-refractivity contribution in [3.63, 3.8) is 0 Å². The molecule has 1 fully saturated rings. The highest BCUT2D eigenvalue weighted by atomic mass is 35.5. The molecule has 120 valence electrons.